The van der Waals surface area contributed by atoms with Crippen molar-refractivity contribution in [3.63, 3.8) is 0 Å². The Kier molecular flexibility index (Phi) is 3.56. The van der Waals surface area contributed by atoms with Crippen LogP contribution in [-0.4, -0.2) is 17.0 Å². The summed E-state index contributed by atoms with van der Waals surface area (Å²) in [6.45, 7) is 6.29. The van der Waals surface area contributed by atoms with Crippen LogP contribution in [0.4, 0.5) is 5.82 Å². The van der Waals surface area contributed by atoms with E-state index in [2.05, 4.69) is 11.4 Å². The Labute approximate surface area is 94.8 Å². The van der Waals surface area contributed by atoms with Gasteiger partial charge in [0.25, 0.3) is 0 Å². The molecule has 1 heterocycles. The highest BCUT2D eigenvalue weighted by Crippen LogP contribution is 2.22. The molecule has 0 spiro atoms. The molecule has 0 fully saturated rings. The van der Waals surface area contributed by atoms with Gasteiger partial charge in [0.15, 0.2) is 0 Å². The lowest BCUT2D eigenvalue weighted by atomic mass is 10.2. The minimum Gasteiger partial charge on any atom is -0.384 e. The van der Waals surface area contributed by atoms with Crippen molar-refractivity contribution in [2.75, 3.05) is 12.3 Å². The van der Waals surface area contributed by atoms with Crippen LogP contribution in [0.2, 0.25) is 0 Å². The molecule has 1 amide bonds. The molecule has 1 aromatic heterocycles. The molecular weight excluding hydrogens is 204 g/mol. The molecule has 16 heavy (non-hydrogen) atoms. The zero-order valence-electron chi connectivity index (χ0n) is 9.79. The average molecular weight is 220 g/mol. The largest absolute Gasteiger partial charge is 0.384 e. The maximum atomic E-state index is 11.5. The van der Waals surface area contributed by atoms with Gasteiger partial charge in [-0.05, 0) is 26.3 Å². The van der Waals surface area contributed by atoms with Gasteiger partial charge in [0.05, 0.1) is 5.56 Å². The maximum absolute atomic E-state index is 11.5. The lowest BCUT2D eigenvalue weighted by Gasteiger charge is -2.08. The van der Waals surface area contributed by atoms with Crippen molar-refractivity contribution in [3.05, 3.63) is 16.8 Å². The Morgan fingerprint density at radius 2 is 2.19 bits per heavy atom. The number of hydrogen-bond donors (Lipinski definition) is 2. The Balaban J connectivity index is 3.07. The van der Waals surface area contributed by atoms with E-state index in [1.165, 1.54) is 0 Å². The first-order valence-corrected chi connectivity index (χ1v) is 5.14. The van der Waals surface area contributed by atoms with E-state index in [0.717, 1.165) is 11.3 Å². The van der Waals surface area contributed by atoms with Crippen LogP contribution in [0.5, 0.6) is 0 Å². The summed E-state index contributed by atoms with van der Waals surface area (Å²) >= 11 is 0. The van der Waals surface area contributed by atoms with Crippen LogP contribution in [0.1, 0.15) is 23.7 Å². The summed E-state index contributed by atoms with van der Waals surface area (Å²) in [5, 5.41) is 11.6. The molecule has 5 heteroatoms. The number of nitriles is 1. The molecule has 0 radical (unpaired) electrons. The molecule has 3 N–H and O–H groups in total. The number of anilines is 1. The van der Waals surface area contributed by atoms with Crippen molar-refractivity contribution in [2.45, 2.75) is 27.3 Å². The van der Waals surface area contributed by atoms with E-state index >= 15 is 0 Å². The Hall–Kier alpha value is -1.96. The number of aromatic nitrogens is 1. The quantitative estimate of drug-likeness (QED) is 0.786. The van der Waals surface area contributed by atoms with Crippen molar-refractivity contribution in [1.82, 2.24) is 9.88 Å². The molecule has 1 aromatic rings. The SMILES string of the molecule is CCNC(=O)Cn1c(C)c(C)c(C#N)c1N. The lowest BCUT2D eigenvalue weighted by molar-refractivity contribution is -0.121. The third-order valence-corrected chi connectivity index (χ3v) is 2.66. The van der Waals surface area contributed by atoms with E-state index < -0.39 is 0 Å². The van der Waals surface area contributed by atoms with Gasteiger partial charge in [0, 0.05) is 12.2 Å². The standard InChI is InChI=1S/C11H16N4O/c1-4-14-10(16)6-15-8(3)7(2)9(5-12)11(15)13/h4,6,13H2,1-3H3,(H,14,16). The summed E-state index contributed by atoms with van der Waals surface area (Å²) in [6, 6.07) is 2.05. The molecule has 5 nitrogen and oxygen atoms in total. The van der Waals surface area contributed by atoms with Gasteiger partial charge >= 0.3 is 0 Å². The number of nitrogen functional groups attached to an aromatic ring is 1. The first-order valence-electron chi connectivity index (χ1n) is 5.14. The monoisotopic (exact) mass is 220 g/mol. The predicted molar refractivity (Wildman–Crippen MR) is 61.7 cm³/mol. The van der Waals surface area contributed by atoms with Crippen LogP contribution >= 0.6 is 0 Å². The van der Waals surface area contributed by atoms with E-state index in [4.69, 9.17) is 11.0 Å². The molecule has 1 rings (SSSR count). The van der Waals surface area contributed by atoms with E-state index in [0.29, 0.717) is 17.9 Å². The highest BCUT2D eigenvalue weighted by molar-refractivity contribution is 5.77. The summed E-state index contributed by atoms with van der Waals surface area (Å²) in [6.07, 6.45) is 0. The third kappa shape index (κ3) is 2.01. The zero-order valence-corrected chi connectivity index (χ0v) is 9.79. The van der Waals surface area contributed by atoms with E-state index in [1.54, 1.807) is 4.57 Å². The first-order chi connectivity index (χ1) is 7.52. The number of nitrogens with one attached hydrogen (secondary N) is 1. The van der Waals surface area contributed by atoms with Crippen molar-refractivity contribution >= 4 is 11.7 Å². The molecule has 86 valence electrons. The van der Waals surface area contributed by atoms with E-state index in [9.17, 15) is 4.79 Å². The highest BCUT2D eigenvalue weighted by atomic mass is 16.1. The molecular formula is C11H16N4O. The van der Waals surface area contributed by atoms with Gasteiger partial charge < -0.3 is 15.6 Å². The Morgan fingerprint density at radius 1 is 1.56 bits per heavy atom. The summed E-state index contributed by atoms with van der Waals surface area (Å²) in [5.74, 6) is 0.264. The number of likely N-dealkylation sites (N-methyl/N-ethyl adjacent to an activating group) is 1. The predicted octanol–water partition coefficient (Wildman–Crippen LogP) is 0.695. The average Bonchev–Trinajstić information content (AvgIpc) is 2.43. The lowest BCUT2D eigenvalue weighted by Crippen LogP contribution is -2.28. The normalized spacial score (nSPS) is 9.88. The number of nitrogens with two attached hydrogens (primary N) is 1. The molecule has 0 aliphatic heterocycles. The summed E-state index contributed by atoms with van der Waals surface area (Å²) in [7, 11) is 0. The number of nitrogens with zero attached hydrogens (tertiary/aromatic N) is 2. The smallest absolute Gasteiger partial charge is 0.239 e. The number of hydrogen-bond acceptors (Lipinski definition) is 3. The number of carbonyl (C=O) groups is 1. The van der Waals surface area contributed by atoms with Crippen LogP contribution in [0.3, 0.4) is 0 Å². The molecule has 0 saturated heterocycles. The van der Waals surface area contributed by atoms with Gasteiger partial charge in [0.1, 0.15) is 18.4 Å². The van der Waals surface area contributed by atoms with Crippen molar-refractivity contribution in [2.24, 2.45) is 0 Å². The fourth-order valence-electron chi connectivity index (χ4n) is 1.63. The van der Waals surface area contributed by atoms with Crippen molar-refractivity contribution < 1.29 is 4.79 Å². The highest BCUT2D eigenvalue weighted by Gasteiger charge is 2.16. The van der Waals surface area contributed by atoms with Gasteiger partial charge in [-0.3, -0.25) is 4.79 Å². The molecule has 0 aliphatic carbocycles. The van der Waals surface area contributed by atoms with E-state index in [1.807, 2.05) is 20.8 Å². The van der Waals surface area contributed by atoms with Crippen molar-refractivity contribution in [1.29, 1.82) is 5.26 Å². The number of rotatable bonds is 3. The van der Waals surface area contributed by atoms with Gasteiger partial charge in [0.2, 0.25) is 5.91 Å². The van der Waals surface area contributed by atoms with Gasteiger partial charge in [-0.1, -0.05) is 0 Å². The molecule has 0 bridgehead atoms. The fraction of sp³-hybridized carbons (Fsp3) is 0.455. The van der Waals surface area contributed by atoms with Crippen LogP contribution in [0.15, 0.2) is 0 Å². The van der Waals surface area contributed by atoms with Gasteiger partial charge in [-0.25, -0.2) is 0 Å². The summed E-state index contributed by atoms with van der Waals surface area (Å²) < 4.78 is 1.67. The zero-order chi connectivity index (χ0) is 12.3. The number of amides is 1. The molecule has 0 atom stereocenters. The second kappa shape index (κ2) is 4.71. The van der Waals surface area contributed by atoms with Crippen molar-refractivity contribution in [3.8, 4) is 6.07 Å². The molecule has 0 saturated carbocycles. The van der Waals surface area contributed by atoms with Crippen LogP contribution in [-0.2, 0) is 11.3 Å². The van der Waals surface area contributed by atoms with Gasteiger partial charge in [-0.2, -0.15) is 5.26 Å². The maximum Gasteiger partial charge on any atom is 0.239 e. The summed E-state index contributed by atoms with van der Waals surface area (Å²) in [4.78, 5) is 11.5. The fourth-order valence-corrected chi connectivity index (χ4v) is 1.63. The van der Waals surface area contributed by atoms with Crippen LogP contribution < -0.4 is 11.1 Å². The minimum absolute atomic E-state index is 0.100. The first kappa shape index (κ1) is 12.1. The molecule has 0 aliphatic rings. The molecule has 0 aromatic carbocycles. The second-order valence-electron chi connectivity index (χ2n) is 3.62. The Morgan fingerprint density at radius 3 is 2.62 bits per heavy atom. The number of carbonyl (C=O) groups excluding carboxylic acids is 1. The molecule has 0 unspecified atom stereocenters. The van der Waals surface area contributed by atoms with Crippen LogP contribution in [0, 0.1) is 25.2 Å². The minimum atomic E-state index is -0.100. The van der Waals surface area contributed by atoms with Crippen LogP contribution in [0.25, 0.3) is 0 Å². The second-order valence-corrected chi connectivity index (χ2v) is 3.62. The summed E-state index contributed by atoms with van der Waals surface area (Å²) in [5.41, 5.74) is 7.98. The van der Waals surface area contributed by atoms with Gasteiger partial charge in [-0.15, -0.1) is 0 Å². The van der Waals surface area contributed by atoms with E-state index in [-0.39, 0.29) is 12.5 Å². The topological polar surface area (TPSA) is 83.8 Å². The Bertz CT molecular complexity index is 454. The third-order valence-electron chi connectivity index (χ3n) is 2.66.